The third-order valence-corrected chi connectivity index (χ3v) is 3.19. The largest absolute Gasteiger partial charge is 0.431 e. The van der Waals surface area contributed by atoms with Gasteiger partial charge in [-0.15, -0.1) is 0 Å². The highest BCUT2D eigenvalue weighted by atomic mass is 32.2. The number of nitrogens with zero attached hydrogens (tertiary/aromatic N) is 5. The van der Waals surface area contributed by atoms with Crippen molar-refractivity contribution in [2.45, 2.75) is 10.4 Å². The maximum atomic E-state index is 5.67. The SMILES string of the molecule is CN(C)c1nc(N)nc(Sc2nc3ccccc3o2)n1. The lowest BCUT2D eigenvalue weighted by Crippen LogP contribution is -2.15. The molecule has 7 nitrogen and oxygen atoms in total. The molecule has 2 aromatic heterocycles. The van der Waals surface area contributed by atoms with Crippen LogP contribution in [0.5, 0.6) is 0 Å². The molecule has 0 unspecified atom stereocenters. The lowest BCUT2D eigenvalue weighted by Gasteiger charge is -2.10. The highest BCUT2D eigenvalue weighted by Gasteiger charge is 2.12. The zero-order valence-corrected chi connectivity index (χ0v) is 11.8. The van der Waals surface area contributed by atoms with E-state index in [2.05, 4.69) is 19.9 Å². The van der Waals surface area contributed by atoms with E-state index in [4.69, 9.17) is 10.2 Å². The Balaban J connectivity index is 1.94. The van der Waals surface area contributed by atoms with E-state index in [-0.39, 0.29) is 5.95 Å². The zero-order valence-electron chi connectivity index (χ0n) is 10.9. The molecule has 20 heavy (non-hydrogen) atoms. The lowest BCUT2D eigenvalue weighted by molar-refractivity contribution is 0.488. The quantitative estimate of drug-likeness (QED) is 0.779. The number of nitrogen functional groups attached to an aromatic ring is 1. The van der Waals surface area contributed by atoms with Crippen LogP contribution in [0.25, 0.3) is 11.1 Å². The summed E-state index contributed by atoms with van der Waals surface area (Å²) in [6.07, 6.45) is 0. The Morgan fingerprint density at radius 3 is 2.65 bits per heavy atom. The number of anilines is 2. The van der Waals surface area contributed by atoms with Crippen molar-refractivity contribution in [2.24, 2.45) is 0 Å². The Hall–Kier alpha value is -2.35. The number of aromatic nitrogens is 4. The van der Waals surface area contributed by atoms with Crippen molar-refractivity contribution in [3.05, 3.63) is 24.3 Å². The molecule has 0 aliphatic heterocycles. The Labute approximate surface area is 119 Å². The van der Waals surface area contributed by atoms with Crippen LogP contribution in [0.4, 0.5) is 11.9 Å². The second kappa shape index (κ2) is 4.97. The van der Waals surface area contributed by atoms with Gasteiger partial charge in [0.25, 0.3) is 5.22 Å². The molecular formula is C12H12N6OS. The fourth-order valence-electron chi connectivity index (χ4n) is 1.58. The molecule has 0 aliphatic rings. The molecule has 0 aliphatic carbocycles. The van der Waals surface area contributed by atoms with E-state index in [0.717, 1.165) is 11.1 Å². The minimum atomic E-state index is 0.169. The van der Waals surface area contributed by atoms with Gasteiger partial charge in [-0.1, -0.05) is 12.1 Å². The summed E-state index contributed by atoms with van der Waals surface area (Å²) in [5.74, 6) is 0.665. The molecule has 0 radical (unpaired) electrons. The number of benzene rings is 1. The highest BCUT2D eigenvalue weighted by molar-refractivity contribution is 7.98. The third-order valence-electron chi connectivity index (χ3n) is 2.47. The first kappa shape index (κ1) is 12.7. The van der Waals surface area contributed by atoms with Gasteiger partial charge in [-0.25, -0.2) is 4.98 Å². The molecule has 3 aromatic rings. The Bertz CT molecular complexity index is 724. The second-order valence-corrected chi connectivity index (χ2v) is 5.14. The summed E-state index contributed by atoms with van der Waals surface area (Å²) < 4.78 is 5.61. The molecule has 1 aromatic carbocycles. The normalized spacial score (nSPS) is 10.9. The molecule has 2 heterocycles. The molecule has 0 bridgehead atoms. The van der Waals surface area contributed by atoms with Gasteiger partial charge in [-0.2, -0.15) is 15.0 Å². The number of nitrogens with two attached hydrogens (primary N) is 1. The summed E-state index contributed by atoms with van der Waals surface area (Å²) in [5.41, 5.74) is 7.20. The molecule has 0 saturated heterocycles. The topological polar surface area (TPSA) is 94.0 Å². The fraction of sp³-hybridized carbons (Fsp3) is 0.167. The molecule has 0 fully saturated rings. The number of hydrogen-bond donors (Lipinski definition) is 1. The van der Waals surface area contributed by atoms with Crippen molar-refractivity contribution in [2.75, 3.05) is 24.7 Å². The third kappa shape index (κ3) is 2.50. The van der Waals surface area contributed by atoms with Crippen molar-refractivity contribution in [1.82, 2.24) is 19.9 Å². The predicted molar refractivity (Wildman–Crippen MR) is 76.7 cm³/mol. The summed E-state index contributed by atoms with van der Waals surface area (Å²) >= 11 is 1.21. The Morgan fingerprint density at radius 1 is 1.10 bits per heavy atom. The first-order chi connectivity index (χ1) is 9.61. The Morgan fingerprint density at radius 2 is 1.90 bits per heavy atom. The van der Waals surface area contributed by atoms with E-state index >= 15 is 0 Å². The van der Waals surface area contributed by atoms with Crippen LogP contribution >= 0.6 is 11.8 Å². The zero-order chi connectivity index (χ0) is 14.1. The minimum absolute atomic E-state index is 0.169. The van der Waals surface area contributed by atoms with Crippen molar-refractivity contribution in [3.8, 4) is 0 Å². The highest BCUT2D eigenvalue weighted by Crippen LogP contribution is 2.28. The van der Waals surface area contributed by atoms with Crippen LogP contribution in [-0.2, 0) is 0 Å². The van der Waals surface area contributed by atoms with Crippen molar-refractivity contribution in [3.63, 3.8) is 0 Å². The van der Waals surface area contributed by atoms with Crippen LogP contribution in [0.1, 0.15) is 0 Å². The van der Waals surface area contributed by atoms with Gasteiger partial charge in [0.15, 0.2) is 5.58 Å². The standard InChI is InChI=1S/C12H12N6OS/c1-18(2)10-15-9(13)16-11(17-10)20-12-14-7-5-3-4-6-8(7)19-12/h3-6H,1-2H3,(H2,13,15,16,17). The number of oxazole rings is 1. The monoisotopic (exact) mass is 288 g/mol. The molecule has 3 rings (SSSR count). The molecule has 0 spiro atoms. The van der Waals surface area contributed by atoms with Gasteiger partial charge in [-0.05, 0) is 12.1 Å². The number of fused-ring (bicyclic) bond motifs is 1. The van der Waals surface area contributed by atoms with Crippen molar-refractivity contribution < 1.29 is 4.42 Å². The van der Waals surface area contributed by atoms with Gasteiger partial charge < -0.3 is 15.1 Å². The van der Waals surface area contributed by atoms with E-state index in [1.807, 2.05) is 38.4 Å². The smallest absolute Gasteiger partial charge is 0.264 e. The van der Waals surface area contributed by atoms with E-state index in [1.54, 1.807) is 4.90 Å². The van der Waals surface area contributed by atoms with Crippen LogP contribution < -0.4 is 10.6 Å². The van der Waals surface area contributed by atoms with Gasteiger partial charge in [0, 0.05) is 25.9 Å². The first-order valence-electron chi connectivity index (χ1n) is 5.84. The summed E-state index contributed by atoms with van der Waals surface area (Å²) in [6.45, 7) is 0. The number of para-hydroxylation sites is 2. The number of hydrogen-bond acceptors (Lipinski definition) is 8. The average molecular weight is 288 g/mol. The first-order valence-corrected chi connectivity index (χ1v) is 6.66. The summed E-state index contributed by atoms with van der Waals surface area (Å²) in [6, 6.07) is 7.55. The molecule has 0 saturated carbocycles. The second-order valence-electron chi connectivity index (χ2n) is 4.22. The van der Waals surface area contributed by atoms with E-state index in [0.29, 0.717) is 16.3 Å². The average Bonchev–Trinajstić information content (AvgIpc) is 2.79. The van der Waals surface area contributed by atoms with Gasteiger partial charge in [0.1, 0.15) is 5.52 Å². The van der Waals surface area contributed by atoms with E-state index in [9.17, 15) is 0 Å². The summed E-state index contributed by atoms with van der Waals surface area (Å²) in [4.78, 5) is 18.5. The fourth-order valence-corrected chi connectivity index (χ4v) is 2.28. The summed E-state index contributed by atoms with van der Waals surface area (Å²) in [5, 5.41) is 0.925. The molecule has 102 valence electrons. The van der Waals surface area contributed by atoms with Crippen LogP contribution in [0.15, 0.2) is 39.1 Å². The Kier molecular flexibility index (Phi) is 3.15. The molecule has 2 N–H and O–H groups in total. The predicted octanol–water partition coefficient (Wildman–Crippen LogP) is 1.81. The lowest BCUT2D eigenvalue weighted by atomic mass is 10.3. The maximum absolute atomic E-state index is 5.67. The minimum Gasteiger partial charge on any atom is -0.431 e. The van der Waals surface area contributed by atoms with Gasteiger partial charge >= 0.3 is 0 Å². The van der Waals surface area contributed by atoms with Gasteiger partial charge in [-0.3, -0.25) is 0 Å². The van der Waals surface area contributed by atoms with E-state index in [1.165, 1.54) is 11.8 Å². The molecular weight excluding hydrogens is 276 g/mol. The van der Waals surface area contributed by atoms with Crippen LogP contribution in [0, 0.1) is 0 Å². The van der Waals surface area contributed by atoms with Crippen LogP contribution in [0.2, 0.25) is 0 Å². The van der Waals surface area contributed by atoms with Crippen LogP contribution in [-0.4, -0.2) is 34.0 Å². The van der Waals surface area contributed by atoms with Crippen LogP contribution in [0.3, 0.4) is 0 Å². The molecule has 8 heteroatoms. The molecule has 0 atom stereocenters. The molecule has 0 amide bonds. The number of rotatable bonds is 3. The van der Waals surface area contributed by atoms with Crippen molar-refractivity contribution in [1.29, 1.82) is 0 Å². The van der Waals surface area contributed by atoms with Crippen molar-refractivity contribution >= 4 is 34.8 Å². The van der Waals surface area contributed by atoms with Gasteiger partial charge in [0.2, 0.25) is 17.1 Å². The maximum Gasteiger partial charge on any atom is 0.264 e. The van der Waals surface area contributed by atoms with E-state index < -0.39 is 0 Å². The summed E-state index contributed by atoms with van der Waals surface area (Å²) in [7, 11) is 3.67. The van der Waals surface area contributed by atoms with Gasteiger partial charge in [0.05, 0.1) is 0 Å².